The van der Waals surface area contributed by atoms with Crippen LogP contribution in [-0.4, -0.2) is 22.2 Å². The first-order valence-corrected chi connectivity index (χ1v) is 8.07. The average Bonchev–Trinajstić information content (AvgIpc) is 3.13. The number of nitrogens with one attached hydrogen (secondary N) is 1. The summed E-state index contributed by atoms with van der Waals surface area (Å²) in [5, 5.41) is 11.0. The summed E-state index contributed by atoms with van der Waals surface area (Å²) in [6, 6.07) is 11.9. The molecule has 128 valence electrons. The number of anilines is 1. The van der Waals surface area contributed by atoms with Gasteiger partial charge in [0.15, 0.2) is 6.10 Å². The molecule has 8 heteroatoms. The zero-order chi connectivity index (χ0) is 17.8. The van der Waals surface area contributed by atoms with Crippen molar-refractivity contribution < 1.29 is 13.9 Å². The topological polar surface area (TPSA) is 77.2 Å². The van der Waals surface area contributed by atoms with Crippen LogP contribution >= 0.6 is 23.2 Å². The zero-order valence-electron chi connectivity index (χ0n) is 13.1. The molecular weight excluding hydrogens is 365 g/mol. The third-order valence-electron chi connectivity index (χ3n) is 3.31. The van der Waals surface area contributed by atoms with Crippen molar-refractivity contribution in [3.8, 4) is 17.2 Å². The van der Waals surface area contributed by atoms with Crippen molar-refractivity contribution in [1.82, 2.24) is 10.2 Å². The van der Waals surface area contributed by atoms with Crippen LogP contribution < -0.4 is 10.1 Å². The summed E-state index contributed by atoms with van der Waals surface area (Å²) >= 11 is 11.8. The van der Waals surface area contributed by atoms with E-state index in [4.69, 9.17) is 32.4 Å². The minimum absolute atomic E-state index is 0.311. The highest BCUT2D eigenvalue weighted by Gasteiger charge is 2.16. The SMILES string of the molecule is CC(Oc1ccc(Cl)c(Cl)c1)C(=O)Nc1cccc(-c2nnco2)c1. The monoisotopic (exact) mass is 377 g/mol. The van der Waals surface area contributed by atoms with Crippen molar-refractivity contribution in [2.45, 2.75) is 13.0 Å². The Bertz CT molecular complexity index is 885. The first kappa shape index (κ1) is 17.3. The maximum atomic E-state index is 12.3. The number of amides is 1. The van der Waals surface area contributed by atoms with Crippen LogP contribution in [0.4, 0.5) is 5.69 Å². The fourth-order valence-electron chi connectivity index (χ4n) is 2.08. The Balaban J connectivity index is 1.67. The van der Waals surface area contributed by atoms with Crippen molar-refractivity contribution in [3.05, 3.63) is 58.9 Å². The Morgan fingerprint density at radius 3 is 2.76 bits per heavy atom. The van der Waals surface area contributed by atoms with E-state index in [1.807, 2.05) is 0 Å². The van der Waals surface area contributed by atoms with Gasteiger partial charge in [-0.15, -0.1) is 10.2 Å². The number of rotatable bonds is 5. The molecule has 0 aliphatic carbocycles. The van der Waals surface area contributed by atoms with Crippen molar-refractivity contribution in [2.75, 3.05) is 5.32 Å². The molecule has 1 amide bonds. The van der Waals surface area contributed by atoms with E-state index < -0.39 is 6.10 Å². The van der Waals surface area contributed by atoms with Gasteiger partial charge in [-0.05, 0) is 37.3 Å². The standard InChI is InChI=1S/C17H13Cl2N3O3/c1-10(25-13-5-6-14(18)15(19)8-13)16(23)21-12-4-2-3-11(7-12)17-22-20-9-24-17/h2-10H,1H3,(H,21,23). The lowest BCUT2D eigenvalue weighted by Gasteiger charge is -2.15. The zero-order valence-corrected chi connectivity index (χ0v) is 14.6. The van der Waals surface area contributed by atoms with Crippen LogP contribution in [0.5, 0.6) is 5.75 Å². The van der Waals surface area contributed by atoms with Gasteiger partial charge >= 0.3 is 0 Å². The van der Waals surface area contributed by atoms with Crippen molar-refractivity contribution >= 4 is 34.8 Å². The van der Waals surface area contributed by atoms with E-state index in [0.717, 1.165) is 0 Å². The summed E-state index contributed by atoms with van der Waals surface area (Å²) in [5.41, 5.74) is 1.29. The predicted octanol–water partition coefficient (Wildman–Crippen LogP) is 4.45. The quantitative estimate of drug-likeness (QED) is 0.710. The molecule has 0 radical (unpaired) electrons. The lowest BCUT2D eigenvalue weighted by Crippen LogP contribution is -2.30. The number of hydrogen-bond acceptors (Lipinski definition) is 5. The van der Waals surface area contributed by atoms with Crippen LogP contribution in [0.25, 0.3) is 11.5 Å². The van der Waals surface area contributed by atoms with Gasteiger partial charge < -0.3 is 14.5 Å². The predicted molar refractivity (Wildman–Crippen MR) is 94.9 cm³/mol. The number of nitrogens with zero attached hydrogens (tertiary/aromatic N) is 2. The maximum absolute atomic E-state index is 12.3. The molecule has 0 fully saturated rings. The average molecular weight is 378 g/mol. The number of carbonyl (C=O) groups is 1. The van der Waals surface area contributed by atoms with Gasteiger partial charge in [0, 0.05) is 17.3 Å². The largest absolute Gasteiger partial charge is 0.481 e. The number of carbonyl (C=O) groups excluding carboxylic acids is 1. The van der Waals surface area contributed by atoms with Crippen LogP contribution in [0.15, 0.2) is 53.3 Å². The van der Waals surface area contributed by atoms with E-state index in [9.17, 15) is 4.79 Å². The lowest BCUT2D eigenvalue weighted by molar-refractivity contribution is -0.122. The smallest absolute Gasteiger partial charge is 0.265 e. The molecule has 1 unspecified atom stereocenters. The van der Waals surface area contributed by atoms with E-state index in [-0.39, 0.29) is 5.91 Å². The van der Waals surface area contributed by atoms with Crippen LogP contribution in [0, 0.1) is 0 Å². The molecule has 1 N–H and O–H groups in total. The second-order valence-corrected chi connectivity index (χ2v) is 5.96. The molecule has 3 aromatic rings. The van der Waals surface area contributed by atoms with E-state index in [2.05, 4.69) is 15.5 Å². The van der Waals surface area contributed by atoms with Crippen LogP contribution in [0.1, 0.15) is 6.92 Å². The molecule has 1 aromatic heterocycles. The summed E-state index contributed by atoms with van der Waals surface area (Å²) in [6.07, 6.45) is 0.512. The number of aromatic nitrogens is 2. The molecule has 25 heavy (non-hydrogen) atoms. The fraction of sp³-hybridized carbons (Fsp3) is 0.118. The lowest BCUT2D eigenvalue weighted by atomic mass is 10.2. The van der Waals surface area contributed by atoms with Crippen LogP contribution in [-0.2, 0) is 4.79 Å². The highest BCUT2D eigenvalue weighted by molar-refractivity contribution is 6.42. The minimum atomic E-state index is -0.732. The molecule has 2 aromatic carbocycles. The van der Waals surface area contributed by atoms with Crippen molar-refractivity contribution in [2.24, 2.45) is 0 Å². The van der Waals surface area contributed by atoms with E-state index in [0.29, 0.717) is 32.9 Å². The Morgan fingerprint density at radius 2 is 2.04 bits per heavy atom. The van der Waals surface area contributed by atoms with Gasteiger partial charge in [-0.2, -0.15) is 0 Å². The Morgan fingerprint density at radius 1 is 1.20 bits per heavy atom. The van der Waals surface area contributed by atoms with Gasteiger partial charge in [0.05, 0.1) is 10.0 Å². The molecule has 6 nitrogen and oxygen atoms in total. The summed E-state index contributed by atoms with van der Waals surface area (Å²) in [6.45, 7) is 1.64. The summed E-state index contributed by atoms with van der Waals surface area (Å²) in [7, 11) is 0. The molecule has 0 aliphatic rings. The van der Waals surface area contributed by atoms with Gasteiger partial charge in [0.2, 0.25) is 12.3 Å². The highest BCUT2D eigenvalue weighted by Crippen LogP contribution is 2.27. The van der Waals surface area contributed by atoms with E-state index >= 15 is 0 Å². The van der Waals surface area contributed by atoms with Gasteiger partial charge in [-0.1, -0.05) is 29.3 Å². The third-order valence-corrected chi connectivity index (χ3v) is 4.05. The Hall–Kier alpha value is -2.57. The van der Waals surface area contributed by atoms with Crippen LogP contribution in [0.2, 0.25) is 10.0 Å². The number of benzene rings is 2. The van der Waals surface area contributed by atoms with Gasteiger partial charge in [-0.3, -0.25) is 4.79 Å². The maximum Gasteiger partial charge on any atom is 0.265 e. The first-order chi connectivity index (χ1) is 12.0. The fourth-order valence-corrected chi connectivity index (χ4v) is 2.37. The summed E-state index contributed by atoms with van der Waals surface area (Å²) < 4.78 is 10.7. The number of hydrogen-bond donors (Lipinski definition) is 1. The molecule has 0 spiro atoms. The molecule has 0 bridgehead atoms. The second kappa shape index (κ2) is 7.55. The molecule has 0 saturated heterocycles. The third kappa shape index (κ3) is 4.29. The van der Waals surface area contributed by atoms with Gasteiger partial charge in [-0.25, -0.2) is 0 Å². The molecule has 0 saturated carbocycles. The van der Waals surface area contributed by atoms with Crippen molar-refractivity contribution in [1.29, 1.82) is 0 Å². The Labute approximate surface area is 153 Å². The highest BCUT2D eigenvalue weighted by atomic mass is 35.5. The number of halogens is 2. The summed E-state index contributed by atoms with van der Waals surface area (Å²) in [5.74, 6) is 0.515. The second-order valence-electron chi connectivity index (χ2n) is 5.15. The molecule has 3 rings (SSSR count). The van der Waals surface area contributed by atoms with Gasteiger partial charge in [0.1, 0.15) is 5.75 Å². The molecule has 1 atom stereocenters. The minimum Gasteiger partial charge on any atom is -0.481 e. The Kier molecular flexibility index (Phi) is 5.21. The first-order valence-electron chi connectivity index (χ1n) is 7.32. The van der Waals surface area contributed by atoms with E-state index in [1.54, 1.807) is 49.4 Å². The number of ether oxygens (including phenoxy) is 1. The van der Waals surface area contributed by atoms with Crippen molar-refractivity contribution in [3.63, 3.8) is 0 Å². The van der Waals surface area contributed by atoms with Crippen LogP contribution in [0.3, 0.4) is 0 Å². The van der Waals surface area contributed by atoms with Gasteiger partial charge in [0.25, 0.3) is 5.91 Å². The molecular formula is C17H13Cl2N3O3. The summed E-state index contributed by atoms with van der Waals surface area (Å²) in [4.78, 5) is 12.3. The van der Waals surface area contributed by atoms with E-state index in [1.165, 1.54) is 6.39 Å². The molecule has 0 aliphatic heterocycles. The molecule has 1 heterocycles. The normalized spacial score (nSPS) is 11.8.